The number of benzene rings is 1. The van der Waals surface area contributed by atoms with Gasteiger partial charge in [0.15, 0.2) is 0 Å². The van der Waals surface area contributed by atoms with Crippen molar-refractivity contribution in [2.75, 3.05) is 26.7 Å². The van der Waals surface area contributed by atoms with Gasteiger partial charge in [-0.1, -0.05) is 17.7 Å². The summed E-state index contributed by atoms with van der Waals surface area (Å²) < 4.78 is 25.8. The van der Waals surface area contributed by atoms with Crippen LogP contribution >= 0.6 is 11.6 Å². The Hall–Kier alpha value is -1.64. The first-order valence-electron chi connectivity index (χ1n) is 7.43. The summed E-state index contributed by atoms with van der Waals surface area (Å²) in [6, 6.07) is 6.48. The fraction of sp³-hybridized carbons (Fsp3) is 0.467. The van der Waals surface area contributed by atoms with Crippen LogP contribution in [0.1, 0.15) is 23.2 Å². The lowest BCUT2D eigenvalue weighted by molar-refractivity contribution is -0.137. The third-order valence-corrected chi connectivity index (χ3v) is 6.41. The normalized spacial score (nSPS) is 18.6. The molecule has 0 aromatic heterocycles. The highest BCUT2D eigenvalue weighted by Crippen LogP contribution is 2.22. The van der Waals surface area contributed by atoms with Crippen LogP contribution in [0.2, 0.25) is 5.02 Å². The van der Waals surface area contributed by atoms with Crippen LogP contribution in [0.3, 0.4) is 0 Å². The SMILES string of the molecule is CN(CC(=O)O)S(=O)(=O)C1CCCN(C(=O)c2cccc(Cl)c2)C1. The van der Waals surface area contributed by atoms with Gasteiger partial charge in [0.25, 0.3) is 5.91 Å². The van der Waals surface area contributed by atoms with Gasteiger partial charge in [-0.3, -0.25) is 9.59 Å². The topological polar surface area (TPSA) is 95.0 Å². The van der Waals surface area contributed by atoms with Crippen LogP contribution in [0.5, 0.6) is 0 Å². The second kappa shape index (κ2) is 7.50. The Bertz CT molecular complexity index is 737. The van der Waals surface area contributed by atoms with E-state index in [4.69, 9.17) is 16.7 Å². The van der Waals surface area contributed by atoms with E-state index in [0.29, 0.717) is 30.0 Å². The molecule has 1 unspecified atom stereocenters. The van der Waals surface area contributed by atoms with E-state index in [1.807, 2.05) is 0 Å². The maximum atomic E-state index is 12.5. The molecular formula is C15H19ClN2O5S. The van der Waals surface area contributed by atoms with E-state index in [0.717, 1.165) is 4.31 Å². The van der Waals surface area contributed by atoms with Crippen LogP contribution in [0.15, 0.2) is 24.3 Å². The van der Waals surface area contributed by atoms with Gasteiger partial charge in [-0.2, -0.15) is 4.31 Å². The lowest BCUT2D eigenvalue weighted by Crippen LogP contribution is -2.49. The summed E-state index contributed by atoms with van der Waals surface area (Å²) in [5, 5.41) is 8.40. The number of likely N-dealkylation sites (tertiary alicyclic amines) is 1. The summed E-state index contributed by atoms with van der Waals surface area (Å²) in [5.41, 5.74) is 0.402. The third-order valence-electron chi connectivity index (χ3n) is 3.95. The van der Waals surface area contributed by atoms with Crippen molar-refractivity contribution in [1.29, 1.82) is 0 Å². The Kier molecular flexibility index (Phi) is 5.84. The molecule has 0 bridgehead atoms. The van der Waals surface area contributed by atoms with Crippen LogP contribution in [0.4, 0.5) is 0 Å². The predicted molar refractivity (Wildman–Crippen MR) is 89.6 cm³/mol. The van der Waals surface area contributed by atoms with Crippen molar-refractivity contribution in [2.24, 2.45) is 0 Å². The van der Waals surface area contributed by atoms with E-state index in [1.165, 1.54) is 11.9 Å². The number of hydrogen-bond acceptors (Lipinski definition) is 4. The highest BCUT2D eigenvalue weighted by molar-refractivity contribution is 7.89. The molecule has 0 saturated carbocycles. The molecule has 1 heterocycles. The number of rotatable bonds is 5. The second-order valence-corrected chi connectivity index (χ2v) is 8.48. The molecule has 0 radical (unpaired) electrons. The van der Waals surface area contributed by atoms with Crippen molar-refractivity contribution in [2.45, 2.75) is 18.1 Å². The van der Waals surface area contributed by atoms with Gasteiger partial charge in [0, 0.05) is 30.7 Å². The highest BCUT2D eigenvalue weighted by Gasteiger charge is 2.36. The molecule has 1 N–H and O–H groups in total. The molecule has 1 saturated heterocycles. The first-order valence-corrected chi connectivity index (χ1v) is 9.31. The molecule has 9 heteroatoms. The van der Waals surface area contributed by atoms with Gasteiger partial charge >= 0.3 is 5.97 Å². The van der Waals surface area contributed by atoms with Crippen LogP contribution in [0, 0.1) is 0 Å². The number of carboxylic acid groups (broad SMARTS) is 1. The number of aliphatic carboxylic acids is 1. The largest absolute Gasteiger partial charge is 0.480 e. The maximum Gasteiger partial charge on any atom is 0.318 e. The Morgan fingerprint density at radius 3 is 2.75 bits per heavy atom. The van der Waals surface area contributed by atoms with Gasteiger partial charge in [-0.25, -0.2) is 8.42 Å². The summed E-state index contributed by atoms with van der Waals surface area (Å²) in [6.45, 7) is -0.0985. The molecule has 1 amide bonds. The lowest BCUT2D eigenvalue weighted by atomic mass is 10.1. The van der Waals surface area contributed by atoms with Crippen molar-refractivity contribution >= 4 is 33.5 Å². The Labute approximate surface area is 145 Å². The first kappa shape index (κ1) is 18.7. The molecule has 0 aliphatic carbocycles. The standard InChI is InChI=1S/C15H19ClN2O5S/c1-17(10-14(19)20)24(22,23)13-6-3-7-18(9-13)15(21)11-4-2-5-12(16)8-11/h2,4-5,8,13H,3,6-7,9-10H2,1H3,(H,19,20). The van der Waals surface area contributed by atoms with E-state index in [2.05, 4.69) is 0 Å². The van der Waals surface area contributed by atoms with Gasteiger partial charge in [-0.05, 0) is 31.0 Å². The van der Waals surface area contributed by atoms with Crippen molar-refractivity contribution in [3.63, 3.8) is 0 Å². The number of carbonyl (C=O) groups excluding carboxylic acids is 1. The number of halogens is 1. The van der Waals surface area contributed by atoms with Gasteiger partial charge in [0.2, 0.25) is 10.0 Å². The molecule has 7 nitrogen and oxygen atoms in total. The fourth-order valence-corrected chi connectivity index (χ4v) is 4.53. The zero-order chi connectivity index (χ0) is 17.9. The number of carbonyl (C=O) groups is 2. The molecule has 1 aliphatic rings. The first-order chi connectivity index (χ1) is 11.2. The Morgan fingerprint density at radius 2 is 2.12 bits per heavy atom. The smallest absolute Gasteiger partial charge is 0.318 e. The highest BCUT2D eigenvalue weighted by atomic mass is 35.5. The Balaban J connectivity index is 2.14. The summed E-state index contributed by atoms with van der Waals surface area (Å²) in [7, 11) is -2.54. The summed E-state index contributed by atoms with van der Waals surface area (Å²) in [5.74, 6) is -1.50. The minimum atomic E-state index is -3.78. The van der Waals surface area contributed by atoms with Crippen molar-refractivity contribution < 1.29 is 23.1 Å². The van der Waals surface area contributed by atoms with Gasteiger partial charge in [0.05, 0.1) is 5.25 Å². The molecule has 132 valence electrons. The molecular weight excluding hydrogens is 356 g/mol. The molecule has 1 aromatic rings. The number of hydrogen-bond donors (Lipinski definition) is 1. The second-order valence-electron chi connectivity index (χ2n) is 5.72. The van der Waals surface area contributed by atoms with Crippen LogP contribution < -0.4 is 0 Å². The number of piperidine rings is 1. The number of nitrogens with zero attached hydrogens (tertiary/aromatic N) is 2. The zero-order valence-electron chi connectivity index (χ0n) is 13.2. The predicted octanol–water partition coefficient (Wildman–Crippen LogP) is 1.29. The van der Waals surface area contributed by atoms with E-state index < -0.39 is 27.8 Å². The van der Waals surface area contributed by atoms with Gasteiger partial charge in [0.1, 0.15) is 6.54 Å². The molecule has 2 rings (SSSR count). The average molecular weight is 375 g/mol. The molecule has 1 atom stereocenters. The quantitative estimate of drug-likeness (QED) is 0.837. The molecule has 1 aliphatic heterocycles. The van der Waals surface area contributed by atoms with E-state index in [1.54, 1.807) is 24.3 Å². The lowest BCUT2D eigenvalue weighted by Gasteiger charge is -2.34. The molecule has 1 aromatic carbocycles. The fourth-order valence-electron chi connectivity index (χ4n) is 2.70. The number of likely N-dealkylation sites (N-methyl/N-ethyl adjacent to an activating group) is 1. The zero-order valence-corrected chi connectivity index (χ0v) is 14.8. The number of sulfonamides is 1. The van der Waals surface area contributed by atoms with E-state index in [-0.39, 0.29) is 12.5 Å². The summed E-state index contributed by atoms with van der Waals surface area (Å²) >= 11 is 5.89. The van der Waals surface area contributed by atoms with Crippen molar-refractivity contribution in [3.05, 3.63) is 34.9 Å². The molecule has 1 fully saturated rings. The average Bonchev–Trinajstić information content (AvgIpc) is 2.53. The van der Waals surface area contributed by atoms with Gasteiger partial charge in [-0.15, -0.1) is 0 Å². The minimum Gasteiger partial charge on any atom is -0.480 e. The van der Waals surface area contributed by atoms with E-state index >= 15 is 0 Å². The number of amides is 1. The Morgan fingerprint density at radius 1 is 1.42 bits per heavy atom. The van der Waals surface area contributed by atoms with E-state index in [9.17, 15) is 18.0 Å². The van der Waals surface area contributed by atoms with Crippen molar-refractivity contribution in [1.82, 2.24) is 9.21 Å². The monoisotopic (exact) mass is 374 g/mol. The summed E-state index contributed by atoms with van der Waals surface area (Å²) in [6.07, 6.45) is 0.933. The summed E-state index contributed by atoms with van der Waals surface area (Å²) in [4.78, 5) is 24.8. The van der Waals surface area contributed by atoms with Crippen LogP contribution in [-0.4, -0.2) is 66.5 Å². The maximum absolute atomic E-state index is 12.5. The molecule has 24 heavy (non-hydrogen) atoms. The van der Waals surface area contributed by atoms with Crippen LogP contribution in [-0.2, 0) is 14.8 Å². The van der Waals surface area contributed by atoms with Crippen LogP contribution in [0.25, 0.3) is 0 Å². The minimum absolute atomic E-state index is 0.0393. The third kappa shape index (κ3) is 4.25. The molecule has 0 spiro atoms. The van der Waals surface area contributed by atoms with Gasteiger partial charge < -0.3 is 10.0 Å². The van der Waals surface area contributed by atoms with Crippen molar-refractivity contribution in [3.8, 4) is 0 Å². The number of carboxylic acids is 1.